The van der Waals surface area contributed by atoms with Crippen molar-refractivity contribution in [1.29, 1.82) is 0 Å². The number of nitrogens with one attached hydrogen (secondary N) is 1. The molecule has 0 heterocycles. The Morgan fingerprint density at radius 3 is 2.65 bits per heavy atom. The molecule has 0 radical (unpaired) electrons. The van der Waals surface area contributed by atoms with Crippen molar-refractivity contribution >= 4 is 0 Å². The van der Waals surface area contributed by atoms with Crippen LogP contribution in [0, 0.1) is 0 Å². The number of nitrogens with two attached hydrogens (primary N) is 1. The monoisotopic (exact) mass is 238 g/mol. The SMILES string of the molecule is CCc1ccc(OCC(O)CNCCN)cc1. The molecule has 0 aliphatic heterocycles. The molecule has 4 nitrogen and oxygen atoms in total. The van der Waals surface area contributed by atoms with Gasteiger partial charge in [0.2, 0.25) is 0 Å². The molecule has 17 heavy (non-hydrogen) atoms. The molecule has 0 amide bonds. The number of hydrogen-bond acceptors (Lipinski definition) is 4. The quantitative estimate of drug-likeness (QED) is 0.578. The lowest BCUT2D eigenvalue weighted by Crippen LogP contribution is -2.34. The summed E-state index contributed by atoms with van der Waals surface area (Å²) in [5.74, 6) is 0.792. The fourth-order valence-electron chi connectivity index (χ4n) is 1.44. The molecule has 0 aliphatic carbocycles. The van der Waals surface area contributed by atoms with Crippen molar-refractivity contribution in [3.05, 3.63) is 29.8 Å². The number of benzene rings is 1. The van der Waals surface area contributed by atoms with Gasteiger partial charge in [0.15, 0.2) is 0 Å². The van der Waals surface area contributed by atoms with Gasteiger partial charge in [0, 0.05) is 19.6 Å². The van der Waals surface area contributed by atoms with E-state index in [1.54, 1.807) is 0 Å². The van der Waals surface area contributed by atoms with Crippen LogP contribution in [0.5, 0.6) is 5.75 Å². The summed E-state index contributed by atoms with van der Waals surface area (Å²) in [4.78, 5) is 0. The minimum Gasteiger partial charge on any atom is -0.491 e. The lowest BCUT2D eigenvalue weighted by molar-refractivity contribution is 0.107. The Kier molecular flexibility index (Phi) is 6.62. The Balaban J connectivity index is 2.24. The fraction of sp³-hybridized carbons (Fsp3) is 0.538. The van der Waals surface area contributed by atoms with E-state index in [9.17, 15) is 5.11 Å². The number of aliphatic hydroxyl groups excluding tert-OH is 1. The van der Waals surface area contributed by atoms with Crippen LogP contribution in [-0.4, -0.2) is 37.5 Å². The van der Waals surface area contributed by atoms with Crippen molar-refractivity contribution in [2.45, 2.75) is 19.4 Å². The van der Waals surface area contributed by atoms with E-state index in [0.717, 1.165) is 12.2 Å². The first-order chi connectivity index (χ1) is 8.26. The number of aryl methyl sites for hydroxylation is 1. The van der Waals surface area contributed by atoms with Gasteiger partial charge in [-0.15, -0.1) is 0 Å². The minimum absolute atomic E-state index is 0.295. The summed E-state index contributed by atoms with van der Waals surface area (Å²) >= 11 is 0. The molecule has 1 rings (SSSR count). The number of rotatable bonds is 8. The van der Waals surface area contributed by atoms with Gasteiger partial charge in [0.25, 0.3) is 0 Å². The van der Waals surface area contributed by atoms with Gasteiger partial charge in [-0.3, -0.25) is 0 Å². The molecule has 4 heteroatoms. The minimum atomic E-state index is -0.507. The highest BCUT2D eigenvalue weighted by molar-refractivity contribution is 5.27. The Bertz CT molecular complexity index is 301. The molecule has 1 aromatic rings. The predicted octanol–water partition coefficient (Wildman–Crippen LogP) is 0.537. The normalized spacial score (nSPS) is 12.4. The topological polar surface area (TPSA) is 67.5 Å². The third-order valence-corrected chi connectivity index (χ3v) is 2.48. The molecule has 0 saturated carbocycles. The fourth-order valence-corrected chi connectivity index (χ4v) is 1.44. The van der Waals surface area contributed by atoms with Gasteiger partial charge in [-0.05, 0) is 24.1 Å². The van der Waals surface area contributed by atoms with Crippen LogP contribution in [0.4, 0.5) is 0 Å². The van der Waals surface area contributed by atoms with E-state index in [4.69, 9.17) is 10.5 Å². The van der Waals surface area contributed by atoms with Crippen molar-refractivity contribution in [1.82, 2.24) is 5.32 Å². The lowest BCUT2D eigenvalue weighted by atomic mass is 10.2. The molecule has 0 aliphatic rings. The maximum Gasteiger partial charge on any atom is 0.119 e. The summed E-state index contributed by atoms with van der Waals surface area (Å²) in [5.41, 5.74) is 6.61. The Morgan fingerprint density at radius 2 is 2.06 bits per heavy atom. The summed E-state index contributed by atoms with van der Waals surface area (Å²) in [7, 11) is 0. The largest absolute Gasteiger partial charge is 0.491 e. The summed E-state index contributed by atoms with van der Waals surface area (Å²) in [6.07, 6.45) is 0.513. The van der Waals surface area contributed by atoms with Crippen LogP contribution < -0.4 is 15.8 Å². The summed E-state index contributed by atoms with van der Waals surface area (Å²) in [6.45, 7) is 4.20. The van der Waals surface area contributed by atoms with Crippen molar-refractivity contribution in [3.8, 4) is 5.75 Å². The Morgan fingerprint density at radius 1 is 1.35 bits per heavy atom. The van der Waals surface area contributed by atoms with E-state index in [1.165, 1.54) is 5.56 Å². The highest BCUT2D eigenvalue weighted by Crippen LogP contribution is 2.12. The van der Waals surface area contributed by atoms with E-state index >= 15 is 0 Å². The van der Waals surface area contributed by atoms with Crippen LogP contribution in [0.15, 0.2) is 24.3 Å². The molecular weight excluding hydrogens is 216 g/mol. The van der Waals surface area contributed by atoms with Crippen molar-refractivity contribution in [2.24, 2.45) is 5.73 Å². The lowest BCUT2D eigenvalue weighted by Gasteiger charge is -2.13. The summed E-state index contributed by atoms with van der Waals surface area (Å²) < 4.78 is 5.48. The van der Waals surface area contributed by atoms with Crippen molar-refractivity contribution in [3.63, 3.8) is 0 Å². The van der Waals surface area contributed by atoms with Gasteiger partial charge in [-0.1, -0.05) is 19.1 Å². The van der Waals surface area contributed by atoms with Gasteiger partial charge < -0.3 is 20.9 Å². The Labute approximate surface area is 103 Å². The molecule has 96 valence electrons. The second-order valence-electron chi connectivity index (χ2n) is 3.96. The molecule has 1 aromatic carbocycles. The van der Waals surface area contributed by atoms with Gasteiger partial charge in [-0.2, -0.15) is 0 Å². The molecule has 4 N–H and O–H groups in total. The van der Waals surface area contributed by atoms with Crippen LogP contribution in [0.2, 0.25) is 0 Å². The van der Waals surface area contributed by atoms with Crippen molar-refractivity contribution < 1.29 is 9.84 Å². The van der Waals surface area contributed by atoms with Gasteiger partial charge in [0.05, 0.1) is 0 Å². The molecule has 0 spiro atoms. The van der Waals surface area contributed by atoms with E-state index in [1.807, 2.05) is 24.3 Å². The zero-order chi connectivity index (χ0) is 12.5. The average molecular weight is 238 g/mol. The van der Waals surface area contributed by atoms with Crippen molar-refractivity contribution in [2.75, 3.05) is 26.2 Å². The number of ether oxygens (including phenoxy) is 1. The van der Waals surface area contributed by atoms with Crippen LogP contribution >= 0.6 is 0 Å². The zero-order valence-corrected chi connectivity index (χ0v) is 10.4. The second-order valence-corrected chi connectivity index (χ2v) is 3.96. The van der Waals surface area contributed by atoms with E-state index < -0.39 is 6.10 Å². The smallest absolute Gasteiger partial charge is 0.119 e. The first-order valence-electron chi connectivity index (χ1n) is 6.06. The first kappa shape index (κ1) is 14.0. The van der Waals surface area contributed by atoms with Crippen LogP contribution in [0.3, 0.4) is 0 Å². The van der Waals surface area contributed by atoms with Crippen LogP contribution in [0.25, 0.3) is 0 Å². The summed E-state index contributed by atoms with van der Waals surface area (Å²) in [6, 6.07) is 7.93. The highest BCUT2D eigenvalue weighted by Gasteiger charge is 2.04. The van der Waals surface area contributed by atoms with E-state index in [0.29, 0.717) is 26.2 Å². The Hall–Kier alpha value is -1.10. The third kappa shape index (κ3) is 5.68. The van der Waals surface area contributed by atoms with E-state index in [2.05, 4.69) is 12.2 Å². The van der Waals surface area contributed by atoms with Gasteiger partial charge >= 0.3 is 0 Å². The molecule has 1 unspecified atom stereocenters. The molecular formula is C13H22N2O2. The standard InChI is InChI=1S/C13H22N2O2/c1-2-11-3-5-13(6-4-11)17-10-12(16)9-15-8-7-14/h3-6,12,15-16H,2,7-10,14H2,1H3. The number of aliphatic hydroxyl groups is 1. The summed E-state index contributed by atoms with van der Waals surface area (Å²) in [5, 5.41) is 12.6. The van der Waals surface area contributed by atoms with Gasteiger partial charge in [-0.25, -0.2) is 0 Å². The van der Waals surface area contributed by atoms with E-state index in [-0.39, 0.29) is 0 Å². The van der Waals surface area contributed by atoms with Crippen LogP contribution in [0.1, 0.15) is 12.5 Å². The third-order valence-electron chi connectivity index (χ3n) is 2.48. The molecule has 1 atom stereocenters. The first-order valence-corrected chi connectivity index (χ1v) is 6.06. The average Bonchev–Trinajstić information content (AvgIpc) is 2.37. The predicted molar refractivity (Wildman–Crippen MR) is 69.2 cm³/mol. The zero-order valence-electron chi connectivity index (χ0n) is 10.4. The molecule has 0 aromatic heterocycles. The molecule has 0 saturated heterocycles. The maximum atomic E-state index is 9.61. The van der Waals surface area contributed by atoms with Gasteiger partial charge in [0.1, 0.15) is 18.5 Å². The molecule has 0 fully saturated rings. The van der Waals surface area contributed by atoms with Crippen LogP contribution in [-0.2, 0) is 6.42 Å². The maximum absolute atomic E-state index is 9.61. The molecule has 0 bridgehead atoms. The second kappa shape index (κ2) is 8.06. The number of hydrogen-bond donors (Lipinski definition) is 3. The highest BCUT2D eigenvalue weighted by atomic mass is 16.5.